The minimum atomic E-state index is -0.910. The summed E-state index contributed by atoms with van der Waals surface area (Å²) in [4.78, 5) is 39.5. The van der Waals surface area contributed by atoms with Gasteiger partial charge in [-0.25, -0.2) is 5.01 Å². The van der Waals surface area contributed by atoms with E-state index in [1.165, 1.54) is 9.91 Å². The largest absolute Gasteiger partial charge is 0.497 e. The van der Waals surface area contributed by atoms with Gasteiger partial charge in [0.05, 0.1) is 20.0 Å². The second kappa shape index (κ2) is 10.2. The Hall–Kier alpha value is -3.46. The van der Waals surface area contributed by atoms with Crippen molar-refractivity contribution in [3.05, 3.63) is 59.7 Å². The molecular weight excluding hydrogens is 428 g/mol. The highest BCUT2D eigenvalue weighted by molar-refractivity contribution is 7.80. The molecule has 0 bridgehead atoms. The number of carbonyl (C=O) groups excluding carboxylic acids is 3. The minimum absolute atomic E-state index is 0.0889. The average Bonchev–Trinajstić information content (AvgIpc) is 2.97. The molecule has 1 heterocycles. The lowest BCUT2D eigenvalue weighted by atomic mass is 10.1. The number of likely N-dealkylation sites (N-methyl/N-ethyl adjacent to an activating group) is 1. The molecule has 3 rings (SSSR count). The van der Waals surface area contributed by atoms with Crippen molar-refractivity contribution >= 4 is 40.7 Å². The molecule has 1 atom stereocenters. The summed E-state index contributed by atoms with van der Waals surface area (Å²) >= 11 is 5.40. The molecule has 2 N–H and O–H groups in total. The van der Waals surface area contributed by atoms with Gasteiger partial charge in [0.1, 0.15) is 11.8 Å². The van der Waals surface area contributed by atoms with Gasteiger partial charge in [0, 0.05) is 12.2 Å². The molecule has 0 radical (unpaired) electrons. The number of aryl methyl sites for hydroxylation is 1. The van der Waals surface area contributed by atoms with Crippen LogP contribution in [0.3, 0.4) is 0 Å². The Bertz CT molecular complexity index is 1020. The highest BCUT2D eigenvalue weighted by Gasteiger charge is 2.43. The molecule has 1 aliphatic rings. The zero-order valence-electron chi connectivity index (χ0n) is 18.3. The number of benzene rings is 2. The van der Waals surface area contributed by atoms with Crippen LogP contribution in [-0.4, -0.2) is 52.4 Å². The number of nitrogens with one attached hydrogen (secondary N) is 2. The summed E-state index contributed by atoms with van der Waals surface area (Å²) in [6.45, 7) is 4.06. The lowest BCUT2D eigenvalue weighted by molar-refractivity contribution is -0.132. The smallest absolute Gasteiger partial charge is 0.254 e. The van der Waals surface area contributed by atoms with Gasteiger partial charge in [0.25, 0.3) is 5.91 Å². The van der Waals surface area contributed by atoms with Crippen LogP contribution in [0.5, 0.6) is 5.75 Å². The third-order valence-corrected chi connectivity index (χ3v) is 5.48. The van der Waals surface area contributed by atoms with E-state index in [0.29, 0.717) is 18.0 Å². The van der Waals surface area contributed by atoms with Crippen molar-refractivity contribution in [1.29, 1.82) is 0 Å². The Kier molecular flexibility index (Phi) is 7.42. The van der Waals surface area contributed by atoms with E-state index in [9.17, 15) is 14.4 Å². The number of ether oxygens (including phenoxy) is 1. The van der Waals surface area contributed by atoms with Crippen molar-refractivity contribution < 1.29 is 19.1 Å². The number of carbonyl (C=O) groups is 3. The van der Waals surface area contributed by atoms with Crippen molar-refractivity contribution in [2.75, 3.05) is 19.0 Å². The Balaban J connectivity index is 1.69. The molecule has 1 fully saturated rings. The number of methoxy groups -OCH3 is 1. The van der Waals surface area contributed by atoms with E-state index in [2.05, 4.69) is 10.7 Å². The van der Waals surface area contributed by atoms with Gasteiger partial charge in [-0.05, 0) is 61.5 Å². The van der Waals surface area contributed by atoms with Gasteiger partial charge in [-0.3, -0.25) is 24.7 Å². The molecule has 0 aromatic heterocycles. The first-order valence-electron chi connectivity index (χ1n) is 10.3. The van der Waals surface area contributed by atoms with Crippen molar-refractivity contribution in [1.82, 2.24) is 15.3 Å². The number of anilines is 1. The Labute approximate surface area is 192 Å². The number of nitrogens with zero attached hydrogens (tertiary/aromatic N) is 2. The molecule has 32 heavy (non-hydrogen) atoms. The second-order valence-corrected chi connectivity index (χ2v) is 7.80. The van der Waals surface area contributed by atoms with Crippen LogP contribution in [0.25, 0.3) is 0 Å². The fourth-order valence-corrected chi connectivity index (χ4v) is 3.85. The highest BCUT2D eigenvalue weighted by Crippen LogP contribution is 2.20. The number of hydrogen-bond donors (Lipinski definition) is 2. The summed E-state index contributed by atoms with van der Waals surface area (Å²) in [5.41, 5.74) is 5.14. The maximum absolute atomic E-state index is 12.9. The molecule has 3 amide bonds. The number of hydrazine groups is 1. The predicted molar refractivity (Wildman–Crippen MR) is 125 cm³/mol. The quantitative estimate of drug-likeness (QED) is 0.596. The number of amides is 3. The Morgan fingerprint density at radius 3 is 2.47 bits per heavy atom. The summed E-state index contributed by atoms with van der Waals surface area (Å²) in [6, 6.07) is 13.6. The van der Waals surface area contributed by atoms with Crippen molar-refractivity contribution in [3.63, 3.8) is 0 Å². The van der Waals surface area contributed by atoms with Crippen molar-refractivity contribution in [2.45, 2.75) is 32.7 Å². The van der Waals surface area contributed by atoms with Gasteiger partial charge in [0.2, 0.25) is 11.8 Å². The second-order valence-electron chi connectivity index (χ2n) is 7.43. The lowest BCUT2D eigenvalue weighted by Crippen LogP contribution is -2.50. The summed E-state index contributed by atoms with van der Waals surface area (Å²) in [5, 5.41) is 4.30. The Morgan fingerprint density at radius 2 is 1.84 bits per heavy atom. The van der Waals surface area contributed by atoms with E-state index in [-0.39, 0.29) is 35.7 Å². The van der Waals surface area contributed by atoms with Crippen LogP contribution in [0, 0.1) is 6.92 Å². The molecule has 0 spiro atoms. The van der Waals surface area contributed by atoms with E-state index >= 15 is 0 Å². The van der Waals surface area contributed by atoms with Crippen LogP contribution >= 0.6 is 12.2 Å². The molecule has 1 unspecified atom stereocenters. The van der Waals surface area contributed by atoms with E-state index in [1.807, 2.05) is 25.1 Å². The molecule has 168 valence electrons. The zero-order chi connectivity index (χ0) is 23.3. The van der Waals surface area contributed by atoms with E-state index in [1.54, 1.807) is 44.4 Å². The van der Waals surface area contributed by atoms with Gasteiger partial charge in [-0.1, -0.05) is 24.3 Å². The molecule has 8 nitrogen and oxygen atoms in total. The topological polar surface area (TPSA) is 91.0 Å². The molecule has 0 aliphatic carbocycles. The first kappa shape index (κ1) is 23.2. The number of rotatable bonds is 8. The summed E-state index contributed by atoms with van der Waals surface area (Å²) in [7, 11) is 1.57. The summed E-state index contributed by atoms with van der Waals surface area (Å²) in [5.74, 6) is -0.308. The molecular formula is C23H26N4O4S. The molecule has 0 saturated carbocycles. The lowest BCUT2D eigenvalue weighted by Gasteiger charge is -2.24. The average molecular weight is 455 g/mol. The van der Waals surface area contributed by atoms with Gasteiger partial charge < -0.3 is 10.1 Å². The first-order valence-corrected chi connectivity index (χ1v) is 10.7. The van der Waals surface area contributed by atoms with E-state index < -0.39 is 6.04 Å². The van der Waals surface area contributed by atoms with E-state index in [0.717, 1.165) is 11.1 Å². The van der Waals surface area contributed by atoms with Gasteiger partial charge in [0.15, 0.2) is 5.11 Å². The Morgan fingerprint density at radius 1 is 1.12 bits per heavy atom. The molecule has 2 aromatic rings. The summed E-state index contributed by atoms with van der Waals surface area (Å²) < 4.78 is 5.13. The van der Waals surface area contributed by atoms with Crippen LogP contribution in [0.4, 0.5) is 5.69 Å². The molecule has 2 aromatic carbocycles. The van der Waals surface area contributed by atoms with Crippen LogP contribution in [0.2, 0.25) is 0 Å². The summed E-state index contributed by atoms with van der Waals surface area (Å²) in [6.07, 6.45) is -0.0577. The minimum Gasteiger partial charge on any atom is -0.497 e. The molecule has 1 aliphatic heterocycles. The number of hydrogen-bond acceptors (Lipinski definition) is 5. The van der Waals surface area contributed by atoms with E-state index in [4.69, 9.17) is 17.0 Å². The molecule has 9 heteroatoms. The maximum Gasteiger partial charge on any atom is 0.254 e. The highest BCUT2D eigenvalue weighted by atomic mass is 32.1. The zero-order valence-corrected chi connectivity index (χ0v) is 19.1. The van der Waals surface area contributed by atoms with Crippen LogP contribution in [-0.2, 0) is 20.8 Å². The molecule has 1 saturated heterocycles. The third kappa shape index (κ3) is 5.42. The van der Waals surface area contributed by atoms with Crippen LogP contribution in [0.1, 0.15) is 24.5 Å². The monoisotopic (exact) mass is 454 g/mol. The SMILES string of the molecule is CCN1C(=O)C(CC(=O)Nc2cccc(C)c2)N(NC(=O)Cc2ccc(OC)cc2)C1=S. The normalized spacial score (nSPS) is 15.7. The predicted octanol–water partition coefficient (Wildman–Crippen LogP) is 2.42. The van der Waals surface area contributed by atoms with Crippen molar-refractivity contribution in [2.24, 2.45) is 0 Å². The number of thiocarbonyl (C=S) groups is 1. The van der Waals surface area contributed by atoms with Gasteiger partial charge in [-0.15, -0.1) is 0 Å². The standard InChI is InChI=1S/C23H26N4O4S/c1-4-26-22(30)19(14-20(28)24-17-7-5-6-15(2)12-17)27(23(26)32)25-21(29)13-16-8-10-18(31-3)11-9-16/h5-12,19H,4,13-14H2,1-3H3,(H,24,28)(H,25,29). The van der Waals surface area contributed by atoms with Gasteiger partial charge in [-0.2, -0.15) is 0 Å². The van der Waals surface area contributed by atoms with Crippen molar-refractivity contribution in [3.8, 4) is 5.75 Å². The van der Waals surface area contributed by atoms with Crippen LogP contribution < -0.4 is 15.5 Å². The first-order chi connectivity index (χ1) is 15.3. The fourth-order valence-electron chi connectivity index (χ4n) is 3.46. The van der Waals surface area contributed by atoms with Crippen LogP contribution in [0.15, 0.2) is 48.5 Å². The van der Waals surface area contributed by atoms with Gasteiger partial charge >= 0.3 is 0 Å². The fraction of sp³-hybridized carbons (Fsp3) is 0.304. The maximum atomic E-state index is 12.9. The third-order valence-electron chi connectivity index (χ3n) is 5.07.